The molecule has 3 heterocycles. The average molecular weight is 437 g/mol. The van der Waals surface area contributed by atoms with E-state index in [4.69, 9.17) is 14.0 Å². The maximum absolute atomic E-state index is 12.8. The van der Waals surface area contributed by atoms with E-state index < -0.39 is 6.09 Å². The van der Waals surface area contributed by atoms with E-state index >= 15 is 0 Å². The van der Waals surface area contributed by atoms with Gasteiger partial charge in [0.15, 0.2) is 6.61 Å². The zero-order valence-electron chi connectivity index (χ0n) is 17.6. The van der Waals surface area contributed by atoms with Crippen molar-refractivity contribution in [3.63, 3.8) is 0 Å². The molecule has 0 aliphatic carbocycles. The molecule has 10 heteroatoms. The van der Waals surface area contributed by atoms with Crippen molar-refractivity contribution >= 4 is 12.0 Å². The number of aromatic nitrogens is 3. The summed E-state index contributed by atoms with van der Waals surface area (Å²) in [5, 5.41) is 6.39. The molecular weight excluding hydrogens is 414 g/mol. The number of hydrogen-bond acceptors (Lipinski definition) is 8. The van der Waals surface area contributed by atoms with Gasteiger partial charge in [0.1, 0.15) is 11.8 Å². The molecule has 0 radical (unpaired) electrons. The van der Waals surface area contributed by atoms with Gasteiger partial charge in [-0.15, -0.1) is 0 Å². The number of nitrogens with zero attached hydrogens (tertiary/aromatic N) is 4. The lowest BCUT2D eigenvalue weighted by molar-refractivity contribution is -0.138. The molecule has 1 N–H and O–H groups in total. The van der Waals surface area contributed by atoms with Crippen molar-refractivity contribution in [2.75, 3.05) is 20.2 Å². The summed E-state index contributed by atoms with van der Waals surface area (Å²) >= 11 is 0. The van der Waals surface area contributed by atoms with Gasteiger partial charge in [0.05, 0.1) is 0 Å². The molecule has 2 aromatic heterocycles. The van der Waals surface area contributed by atoms with Gasteiger partial charge in [0, 0.05) is 31.4 Å². The number of carbonyl (C=O) groups excluding carboxylic acids is 2. The van der Waals surface area contributed by atoms with Crippen LogP contribution in [-0.4, -0.2) is 52.2 Å². The van der Waals surface area contributed by atoms with Crippen LogP contribution in [0.2, 0.25) is 0 Å². The molecule has 0 bridgehead atoms. The number of rotatable bonds is 6. The first-order chi connectivity index (χ1) is 15.6. The van der Waals surface area contributed by atoms with Crippen molar-refractivity contribution in [3.05, 3.63) is 54.6 Å². The molecule has 10 nitrogen and oxygen atoms in total. The van der Waals surface area contributed by atoms with E-state index in [0.29, 0.717) is 29.6 Å². The van der Waals surface area contributed by atoms with E-state index in [-0.39, 0.29) is 24.4 Å². The number of nitrogens with one attached hydrogen (secondary N) is 1. The van der Waals surface area contributed by atoms with Gasteiger partial charge in [-0.2, -0.15) is 4.98 Å². The number of likely N-dealkylation sites (tertiary alicyclic amines) is 1. The lowest BCUT2D eigenvalue weighted by atomic mass is 10.0. The summed E-state index contributed by atoms with van der Waals surface area (Å²) in [7, 11) is 1.46. The molecule has 1 atom stereocenters. The molecule has 1 fully saturated rings. The minimum Gasteiger partial charge on any atom is -0.484 e. The number of piperidine rings is 1. The molecule has 0 spiro atoms. The Morgan fingerprint density at radius 3 is 2.78 bits per heavy atom. The number of amides is 2. The summed E-state index contributed by atoms with van der Waals surface area (Å²) in [4.78, 5) is 34.4. The Kier molecular flexibility index (Phi) is 6.59. The molecule has 1 saturated heterocycles. The van der Waals surface area contributed by atoms with Crippen LogP contribution in [0.15, 0.2) is 53.2 Å². The van der Waals surface area contributed by atoms with Crippen LogP contribution in [0.4, 0.5) is 4.79 Å². The third-order valence-electron chi connectivity index (χ3n) is 5.05. The number of para-hydroxylation sites is 1. The first-order valence-electron chi connectivity index (χ1n) is 10.3. The number of carbonyl (C=O) groups is 2. The number of pyridine rings is 1. The maximum atomic E-state index is 12.8. The molecule has 166 valence electrons. The Labute approximate surface area is 184 Å². The Morgan fingerprint density at radius 1 is 1.19 bits per heavy atom. The van der Waals surface area contributed by atoms with Crippen molar-refractivity contribution in [3.8, 4) is 23.0 Å². The highest BCUT2D eigenvalue weighted by atomic mass is 16.6. The van der Waals surface area contributed by atoms with Gasteiger partial charge in [-0.1, -0.05) is 23.4 Å². The van der Waals surface area contributed by atoms with Crippen LogP contribution >= 0.6 is 0 Å². The van der Waals surface area contributed by atoms with Gasteiger partial charge in [0.25, 0.3) is 5.91 Å². The van der Waals surface area contributed by atoms with Crippen molar-refractivity contribution in [1.82, 2.24) is 25.3 Å². The van der Waals surface area contributed by atoms with Crippen LogP contribution < -0.4 is 14.8 Å². The quantitative estimate of drug-likeness (QED) is 0.625. The van der Waals surface area contributed by atoms with E-state index in [1.807, 2.05) is 30.3 Å². The Bertz CT molecular complexity index is 1050. The fourth-order valence-corrected chi connectivity index (χ4v) is 3.44. The number of ether oxygens (including phenoxy) is 2. The second-order valence-corrected chi connectivity index (χ2v) is 7.18. The normalized spacial score (nSPS) is 15.8. The lowest BCUT2D eigenvalue weighted by Gasteiger charge is -2.33. The highest BCUT2D eigenvalue weighted by Gasteiger charge is 2.32. The predicted octanol–water partition coefficient (Wildman–Crippen LogP) is 2.98. The fourth-order valence-electron chi connectivity index (χ4n) is 3.44. The second-order valence-electron chi connectivity index (χ2n) is 7.18. The van der Waals surface area contributed by atoms with Crippen LogP contribution in [0.5, 0.6) is 11.6 Å². The fraction of sp³-hybridized carbons (Fsp3) is 0.318. The van der Waals surface area contributed by atoms with Crippen molar-refractivity contribution < 1.29 is 23.6 Å². The van der Waals surface area contributed by atoms with Crippen molar-refractivity contribution in [1.29, 1.82) is 0 Å². The van der Waals surface area contributed by atoms with Gasteiger partial charge in [0.2, 0.25) is 17.6 Å². The average Bonchev–Trinajstić information content (AvgIpc) is 3.34. The van der Waals surface area contributed by atoms with Crippen LogP contribution in [0.1, 0.15) is 31.2 Å². The minimum absolute atomic E-state index is 0.0573. The molecular formula is C22H23N5O5. The van der Waals surface area contributed by atoms with Crippen molar-refractivity contribution in [2.24, 2.45) is 0 Å². The summed E-state index contributed by atoms with van der Waals surface area (Å²) in [6.07, 6.45) is 3.48. The summed E-state index contributed by atoms with van der Waals surface area (Å²) in [5.41, 5.74) is 0.602. The van der Waals surface area contributed by atoms with E-state index in [1.54, 1.807) is 11.0 Å². The summed E-state index contributed by atoms with van der Waals surface area (Å²) in [5.74, 6) is 1.39. The third-order valence-corrected chi connectivity index (χ3v) is 5.05. The molecule has 1 aliphatic rings. The van der Waals surface area contributed by atoms with E-state index in [2.05, 4.69) is 20.4 Å². The summed E-state index contributed by atoms with van der Waals surface area (Å²) in [6.45, 7) is 0.546. The summed E-state index contributed by atoms with van der Waals surface area (Å²) in [6, 6.07) is 12.1. The first-order valence-corrected chi connectivity index (χ1v) is 10.3. The Hall–Kier alpha value is -3.95. The van der Waals surface area contributed by atoms with Crippen LogP contribution in [0.3, 0.4) is 0 Å². The first kappa shape index (κ1) is 21.3. The summed E-state index contributed by atoms with van der Waals surface area (Å²) < 4.78 is 16.1. The van der Waals surface area contributed by atoms with E-state index in [0.717, 1.165) is 19.3 Å². The Balaban J connectivity index is 1.44. The molecule has 0 unspecified atom stereocenters. The highest BCUT2D eigenvalue weighted by molar-refractivity contribution is 5.78. The largest absolute Gasteiger partial charge is 0.484 e. The second kappa shape index (κ2) is 9.90. The SMILES string of the molecule is CNC(=O)Oc1ccc(-c2noc([C@H]3CCCCN3C(=O)COc3ccccc3)n2)cn1. The monoisotopic (exact) mass is 437 g/mol. The lowest BCUT2D eigenvalue weighted by Crippen LogP contribution is -2.41. The van der Waals surface area contributed by atoms with Crippen molar-refractivity contribution in [2.45, 2.75) is 25.3 Å². The number of benzene rings is 1. The van der Waals surface area contributed by atoms with E-state index in [1.165, 1.54) is 19.3 Å². The molecule has 3 aromatic rings. The molecule has 2 amide bonds. The third kappa shape index (κ3) is 5.02. The topological polar surface area (TPSA) is 120 Å². The van der Waals surface area contributed by atoms with Gasteiger partial charge >= 0.3 is 6.09 Å². The molecule has 1 aliphatic heterocycles. The molecule has 32 heavy (non-hydrogen) atoms. The minimum atomic E-state index is -0.606. The van der Waals surface area contributed by atoms with Crippen LogP contribution in [0, 0.1) is 0 Å². The van der Waals surface area contributed by atoms with Gasteiger partial charge in [-0.05, 0) is 37.5 Å². The zero-order valence-corrected chi connectivity index (χ0v) is 17.6. The smallest absolute Gasteiger partial charge is 0.413 e. The van der Waals surface area contributed by atoms with Gasteiger partial charge in [-0.3, -0.25) is 4.79 Å². The zero-order chi connectivity index (χ0) is 22.3. The van der Waals surface area contributed by atoms with Gasteiger partial charge in [-0.25, -0.2) is 9.78 Å². The molecule has 4 rings (SSSR count). The van der Waals surface area contributed by atoms with Crippen LogP contribution in [0.25, 0.3) is 11.4 Å². The predicted molar refractivity (Wildman–Crippen MR) is 113 cm³/mol. The maximum Gasteiger partial charge on any atom is 0.413 e. The Morgan fingerprint density at radius 2 is 2.03 bits per heavy atom. The van der Waals surface area contributed by atoms with Gasteiger partial charge < -0.3 is 24.2 Å². The molecule has 1 aromatic carbocycles. The highest BCUT2D eigenvalue weighted by Crippen LogP contribution is 2.31. The standard InChI is InChI=1S/C22H23N5O5/c1-23-22(29)31-18-11-10-15(13-24-18)20-25-21(32-26-20)17-9-5-6-12-27(17)19(28)14-30-16-7-3-2-4-8-16/h2-4,7-8,10-11,13,17H,5-6,9,12,14H2,1H3,(H,23,29)/t17-/m1/s1. The molecule has 0 saturated carbocycles. The van der Waals surface area contributed by atoms with E-state index in [9.17, 15) is 9.59 Å². The van der Waals surface area contributed by atoms with Crippen LogP contribution in [-0.2, 0) is 4.79 Å². The number of hydrogen-bond donors (Lipinski definition) is 1.